The highest BCUT2D eigenvalue weighted by Crippen LogP contribution is 2.30. The first kappa shape index (κ1) is 51.1. The van der Waals surface area contributed by atoms with E-state index in [0.29, 0.717) is 12.0 Å². The fourth-order valence-corrected chi connectivity index (χ4v) is 7.57. The molecule has 0 aromatic heterocycles. The number of nitrogens with one attached hydrogen (secondary N) is 2. The van der Waals surface area contributed by atoms with Gasteiger partial charge >= 0.3 is 11.9 Å². The minimum absolute atomic E-state index is 0.0123. The van der Waals surface area contributed by atoms with Gasteiger partial charge in [0.15, 0.2) is 11.6 Å². The van der Waals surface area contributed by atoms with Crippen molar-refractivity contribution in [1.82, 2.24) is 15.5 Å². The number of carboxylic acids is 1. The number of nitrogens with zero attached hydrogens (tertiary/aromatic N) is 1. The number of carbonyl (C=O) groups is 9. The number of ketones is 3. The lowest BCUT2D eigenvalue weighted by molar-refractivity contribution is -0.151. The molecule has 0 spiro atoms. The number of nitrogens with two attached hydrogens (primary N) is 1. The van der Waals surface area contributed by atoms with Crippen molar-refractivity contribution >= 4 is 52.9 Å². The van der Waals surface area contributed by atoms with Crippen LogP contribution in [0.5, 0.6) is 0 Å². The molecule has 0 aliphatic carbocycles. The van der Waals surface area contributed by atoms with E-state index in [1.807, 2.05) is 44.2 Å². The Bertz CT molecular complexity index is 2130. The molecule has 1 aliphatic rings. The van der Waals surface area contributed by atoms with Crippen LogP contribution in [0.1, 0.15) is 116 Å². The van der Waals surface area contributed by atoms with E-state index in [1.54, 1.807) is 37.3 Å². The van der Waals surface area contributed by atoms with Crippen LogP contribution >= 0.6 is 0 Å². The number of Topliss-reactive ketones (excluding diaryl/α,β-unsaturated/α-hetero) is 3. The topological polar surface area (TPSA) is 246 Å². The first-order valence-electron chi connectivity index (χ1n) is 22.0. The van der Waals surface area contributed by atoms with Crippen molar-refractivity contribution in [3.63, 3.8) is 0 Å². The number of likely N-dealkylation sites (tertiary alicyclic amines) is 1. The summed E-state index contributed by atoms with van der Waals surface area (Å²) in [7, 11) is 0. The van der Waals surface area contributed by atoms with Gasteiger partial charge in [0, 0.05) is 56.2 Å². The smallest absolute Gasteiger partial charge is 0.335 e. The van der Waals surface area contributed by atoms with Gasteiger partial charge in [0.25, 0.3) is 5.91 Å². The Morgan fingerprint density at radius 1 is 0.815 bits per heavy atom. The average molecular weight is 897 g/mol. The molecule has 1 aliphatic heterocycles. The third-order valence-corrected chi connectivity index (χ3v) is 11.0. The van der Waals surface area contributed by atoms with E-state index in [4.69, 9.17) is 15.2 Å². The molecule has 5 N–H and O–H groups in total. The quantitative estimate of drug-likeness (QED) is 0.0453. The summed E-state index contributed by atoms with van der Waals surface area (Å²) >= 11 is 0. The molecule has 0 radical (unpaired) electrons. The molecule has 0 saturated carbocycles. The fourth-order valence-electron chi connectivity index (χ4n) is 7.57. The summed E-state index contributed by atoms with van der Waals surface area (Å²) < 4.78 is 11.7. The van der Waals surface area contributed by atoms with E-state index in [1.165, 1.54) is 29.2 Å². The Morgan fingerprint density at radius 3 is 2.08 bits per heavy atom. The molecular formula is C49H60N4O12. The summed E-state index contributed by atoms with van der Waals surface area (Å²) in [6, 6.07) is 20.9. The first-order valence-corrected chi connectivity index (χ1v) is 22.0. The van der Waals surface area contributed by atoms with Crippen LogP contribution < -0.4 is 16.4 Å². The van der Waals surface area contributed by atoms with Gasteiger partial charge in [0.05, 0.1) is 37.3 Å². The molecule has 16 nitrogen and oxygen atoms in total. The number of primary amides is 1. The minimum atomic E-state index is -1.14. The van der Waals surface area contributed by atoms with Crippen molar-refractivity contribution in [3.05, 3.63) is 107 Å². The van der Waals surface area contributed by atoms with E-state index >= 15 is 0 Å². The lowest BCUT2D eigenvalue weighted by atomic mass is 9.87. The molecule has 1 heterocycles. The van der Waals surface area contributed by atoms with Crippen molar-refractivity contribution in [2.75, 3.05) is 19.7 Å². The van der Waals surface area contributed by atoms with Crippen LogP contribution in [0.25, 0.3) is 0 Å². The zero-order chi connectivity index (χ0) is 47.5. The highest BCUT2D eigenvalue weighted by molar-refractivity contribution is 6.38. The van der Waals surface area contributed by atoms with Crippen LogP contribution in [0.4, 0.5) is 0 Å². The predicted molar refractivity (Wildman–Crippen MR) is 238 cm³/mol. The molecule has 65 heavy (non-hydrogen) atoms. The summed E-state index contributed by atoms with van der Waals surface area (Å²) in [5.74, 6) is -8.25. The Morgan fingerprint density at radius 2 is 1.46 bits per heavy atom. The third-order valence-electron chi connectivity index (χ3n) is 11.0. The largest absolute Gasteiger partial charge is 0.478 e. The number of esters is 1. The third kappa shape index (κ3) is 16.2. The van der Waals surface area contributed by atoms with E-state index in [9.17, 15) is 48.3 Å². The van der Waals surface area contributed by atoms with Gasteiger partial charge in [-0.15, -0.1) is 0 Å². The summed E-state index contributed by atoms with van der Waals surface area (Å²) in [6.07, 6.45) is -0.975. The van der Waals surface area contributed by atoms with E-state index < -0.39 is 95.8 Å². The Balaban J connectivity index is 1.48. The number of amides is 4. The van der Waals surface area contributed by atoms with Gasteiger partial charge in [-0.2, -0.15) is 0 Å². The van der Waals surface area contributed by atoms with Crippen molar-refractivity contribution in [1.29, 1.82) is 0 Å². The molecule has 1 fully saturated rings. The standard InChI is InChI=1S/C49H60N4O12/c1-4-12-36(45(58)40(54)22-23-42(56)52-44(46(50)59)33-15-9-6-10-16-33)25-41(55)39-27-38(64-30-32-13-7-5-8-14-32)28-53(39)48(61)37(26-43(57)65-29-31(2)3)17-11-24-51-47(60)34-18-20-35(21-19-34)49(62)63/h5-10,13-16,18-21,31,36-39,44H,4,11-12,17,22-30H2,1-3H3,(H2,50,59)(H,51,60)(H,52,56)(H,62,63)/t36?,37-,38-,39+,44+/m1/s1. The van der Waals surface area contributed by atoms with Crippen molar-refractivity contribution in [2.24, 2.45) is 23.5 Å². The number of hydrogen-bond donors (Lipinski definition) is 4. The molecule has 1 saturated heterocycles. The predicted octanol–water partition coefficient (Wildman–Crippen LogP) is 4.92. The fraction of sp³-hybridized carbons (Fsp3) is 0.449. The Labute approximate surface area is 379 Å². The number of benzene rings is 3. The van der Waals surface area contributed by atoms with Crippen molar-refractivity contribution in [2.45, 2.75) is 103 Å². The summed E-state index contributed by atoms with van der Waals surface area (Å²) in [6.45, 7) is 6.01. The molecule has 16 heteroatoms. The molecule has 348 valence electrons. The second-order valence-corrected chi connectivity index (χ2v) is 16.7. The first-order chi connectivity index (χ1) is 31.1. The number of aromatic carboxylic acids is 1. The molecule has 4 amide bonds. The highest BCUT2D eigenvalue weighted by Gasteiger charge is 2.43. The number of carboxylic acid groups (broad SMARTS) is 1. The number of carbonyl (C=O) groups excluding carboxylic acids is 8. The van der Waals surface area contributed by atoms with E-state index in [0.717, 1.165) is 5.56 Å². The van der Waals surface area contributed by atoms with Crippen LogP contribution in [0.3, 0.4) is 0 Å². The zero-order valence-electron chi connectivity index (χ0n) is 37.2. The van der Waals surface area contributed by atoms with Gasteiger partial charge < -0.3 is 35.8 Å². The second kappa shape index (κ2) is 25.7. The van der Waals surface area contributed by atoms with Gasteiger partial charge in [0.2, 0.25) is 23.5 Å². The summed E-state index contributed by atoms with van der Waals surface area (Å²) in [4.78, 5) is 119. The normalized spacial score (nSPS) is 15.9. The van der Waals surface area contributed by atoms with Crippen LogP contribution in [0.15, 0.2) is 84.9 Å². The summed E-state index contributed by atoms with van der Waals surface area (Å²) in [5, 5.41) is 14.4. The lowest BCUT2D eigenvalue weighted by Gasteiger charge is -2.28. The van der Waals surface area contributed by atoms with Gasteiger partial charge in [-0.1, -0.05) is 87.9 Å². The monoisotopic (exact) mass is 896 g/mol. The molecule has 1 unspecified atom stereocenters. The van der Waals surface area contributed by atoms with Gasteiger partial charge in [-0.05, 0) is 60.6 Å². The number of hydrogen-bond acceptors (Lipinski definition) is 11. The SMILES string of the molecule is CCCC(CC(=O)[C@@H]1C[C@@H](OCc2ccccc2)CN1C(=O)[C@H](CCCNC(=O)c1ccc(C(=O)O)cc1)CC(=O)OCC(C)C)C(=O)C(=O)CCC(=O)N[C@H](C(N)=O)c1ccccc1. The van der Waals surface area contributed by atoms with Gasteiger partial charge in [-0.25, -0.2) is 4.79 Å². The number of rotatable bonds is 27. The molecule has 4 rings (SSSR count). The van der Waals surface area contributed by atoms with Gasteiger partial charge in [-0.3, -0.25) is 38.4 Å². The molecule has 5 atom stereocenters. The number of ether oxygens (including phenoxy) is 2. The van der Waals surface area contributed by atoms with Gasteiger partial charge in [0.1, 0.15) is 6.04 Å². The maximum absolute atomic E-state index is 14.6. The second-order valence-electron chi connectivity index (χ2n) is 16.7. The zero-order valence-corrected chi connectivity index (χ0v) is 37.2. The Kier molecular flexibility index (Phi) is 20.2. The van der Waals surface area contributed by atoms with E-state index in [2.05, 4.69) is 10.6 Å². The van der Waals surface area contributed by atoms with Crippen molar-refractivity contribution in [3.8, 4) is 0 Å². The van der Waals surface area contributed by atoms with E-state index in [-0.39, 0.29) is 81.9 Å². The van der Waals surface area contributed by atoms with Crippen LogP contribution in [0, 0.1) is 17.8 Å². The maximum Gasteiger partial charge on any atom is 0.335 e. The Hall–Kier alpha value is -6.55. The molecule has 3 aromatic carbocycles. The summed E-state index contributed by atoms with van der Waals surface area (Å²) in [5.41, 5.74) is 7.10. The lowest BCUT2D eigenvalue weighted by Crippen LogP contribution is -2.45. The molecule has 0 bridgehead atoms. The van der Waals surface area contributed by atoms with Crippen LogP contribution in [-0.2, 0) is 49.6 Å². The minimum Gasteiger partial charge on any atom is -0.478 e. The molecule has 3 aromatic rings. The average Bonchev–Trinajstić information content (AvgIpc) is 3.74. The van der Waals surface area contributed by atoms with Crippen LogP contribution in [-0.4, -0.2) is 94.8 Å². The van der Waals surface area contributed by atoms with Crippen LogP contribution in [0.2, 0.25) is 0 Å². The maximum atomic E-state index is 14.6. The molecular weight excluding hydrogens is 837 g/mol. The van der Waals surface area contributed by atoms with Crippen molar-refractivity contribution < 1.29 is 57.7 Å². The highest BCUT2D eigenvalue weighted by atomic mass is 16.5.